The van der Waals surface area contributed by atoms with Crippen LogP contribution in [0.1, 0.15) is 121 Å². The molecule has 3 fully saturated rings. The zero-order valence-electron chi connectivity index (χ0n) is 37.4. The largest absolute Gasteiger partial charge is 0.317 e. The zero-order chi connectivity index (χ0) is 46.4. The van der Waals surface area contributed by atoms with Crippen molar-refractivity contribution in [3.8, 4) is 0 Å². The van der Waals surface area contributed by atoms with Gasteiger partial charge in [-0.25, -0.2) is 15.0 Å². The molecule has 6 aromatic rings. The molecule has 0 unspecified atom stereocenters. The van der Waals surface area contributed by atoms with Crippen LogP contribution in [0.15, 0.2) is 79.0 Å². The van der Waals surface area contributed by atoms with E-state index < -0.39 is 0 Å². The SMILES string of the molecule is CCc1nc(Cc2ccc([N+](=O)[O-])cc2)sc1C1CCNCC1.Cc1nc(Cc2ccc([N+](=O)[O-])cc2)sc1C1CCNCC1.O=[N+]([O-])c1ccc(Cc2ncc(C3CCNCC3)s2)cc1. The molecule has 3 N–H and O–H groups in total. The molecule has 0 radical (unpaired) electrons. The van der Waals surface area contributed by atoms with Crippen molar-refractivity contribution in [3.05, 3.63) is 167 Å². The number of benzene rings is 3. The van der Waals surface area contributed by atoms with E-state index in [0.717, 1.165) is 102 Å². The third-order valence-electron chi connectivity index (χ3n) is 12.2. The van der Waals surface area contributed by atoms with Crippen LogP contribution in [0, 0.1) is 37.3 Å². The second kappa shape index (κ2) is 23.9. The highest BCUT2D eigenvalue weighted by Gasteiger charge is 2.23. The minimum Gasteiger partial charge on any atom is -0.317 e. The molecule has 0 saturated carbocycles. The number of aryl methyl sites for hydroxylation is 2. The van der Waals surface area contributed by atoms with Crippen LogP contribution in [-0.4, -0.2) is 69.0 Å². The number of piperidine rings is 3. The summed E-state index contributed by atoms with van der Waals surface area (Å²) in [5, 5.41) is 45.5. The molecule has 3 aliphatic rings. The average Bonchev–Trinajstić information content (AvgIpc) is 4.09. The maximum atomic E-state index is 10.7. The van der Waals surface area contributed by atoms with Gasteiger partial charge >= 0.3 is 0 Å². The molecule has 0 atom stereocenters. The first-order valence-corrected chi connectivity index (χ1v) is 25.2. The van der Waals surface area contributed by atoms with Gasteiger partial charge in [-0.15, -0.1) is 34.0 Å². The molecule has 66 heavy (non-hydrogen) atoms. The van der Waals surface area contributed by atoms with Gasteiger partial charge in [0, 0.05) is 76.5 Å². The summed E-state index contributed by atoms with van der Waals surface area (Å²) in [6.07, 6.45) is 12.3. The molecule has 3 aromatic carbocycles. The Labute approximate surface area is 397 Å². The molecule has 18 heteroatoms. The Morgan fingerprint density at radius 3 is 1.33 bits per heavy atom. The number of thiazole rings is 3. The lowest BCUT2D eigenvalue weighted by atomic mass is 9.95. The Hall–Kier alpha value is -5.37. The van der Waals surface area contributed by atoms with Crippen molar-refractivity contribution in [1.82, 2.24) is 30.9 Å². The average molecular weight is 952 g/mol. The van der Waals surface area contributed by atoms with E-state index in [9.17, 15) is 30.3 Å². The van der Waals surface area contributed by atoms with Crippen LogP contribution in [0.2, 0.25) is 0 Å². The summed E-state index contributed by atoms with van der Waals surface area (Å²) >= 11 is 5.39. The predicted octanol–water partition coefficient (Wildman–Crippen LogP) is 10.2. The van der Waals surface area contributed by atoms with Gasteiger partial charge in [0.15, 0.2) is 0 Å². The Morgan fingerprint density at radius 2 is 0.909 bits per heavy atom. The molecular formula is C48H57N9O6S3. The predicted molar refractivity (Wildman–Crippen MR) is 263 cm³/mol. The van der Waals surface area contributed by atoms with Crippen molar-refractivity contribution in [2.24, 2.45) is 0 Å². The molecule has 3 saturated heterocycles. The number of nitro benzene ring substituents is 3. The standard InChI is InChI=1S/C17H21N3O2S.C16H19N3O2S.C15H17N3O2S/c1-2-15-17(13-7-9-18-10-8-13)23-16(19-15)11-12-3-5-14(6-4-12)20(21)22;1-11-16(13-6-8-17-9-7-13)22-15(18-11)10-12-2-4-14(5-3-12)19(20)21;19-18(20)13-3-1-11(2-4-13)9-15-17-10-14(21-15)12-5-7-16-8-6-12/h3-6,13,18H,2,7-11H2,1H3;2-5,13,17H,6-10H2,1H3;1-4,10,12,16H,5-9H2. The van der Waals surface area contributed by atoms with E-state index in [4.69, 9.17) is 9.97 Å². The summed E-state index contributed by atoms with van der Waals surface area (Å²) in [5.74, 6) is 1.90. The van der Waals surface area contributed by atoms with Crippen LogP contribution in [0.4, 0.5) is 17.1 Å². The number of nitrogens with zero attached hydrogens (tertiary/aromatic N) is 6. The fourth-order valence-electron chi connectivity index (χ4n) is 8.58. The maximum absolute atomic E-state index is 10.7. The van der Waals surface area contributed by atoms with Gasteiger partial charge in [0.05, 0.1) is 41.2 Å². The van der Waals surface area contributed by atoms with Crippen molar-refractivity contribution in [2.75, 3.05) is 39.3 Å². The third-order valence-corrected chi connectivity index (χ3v) is 16.0. The highest BCUT2D eigenvalue weighted by Crippen LogP contribution is 2.36. The normalized spacial score (nSPS) is 15.8. The van der Waals surface area contributed by atoms with Gasteiger partial charge in [-0.05, 0) is 126 Å². The summed E-state index contributed by atoms with van der Waals surface area (Å²) in [6, 6.07) is 20.3. The van der Waals surface area contributed by atoms with E-state index in [1.54, 1.807) is 59.1 Å². The zero-order valence-corrected chi connectivity index (χ0v) is 39.9. The fraction of sp³-hybridized carbons (Fsp3) is 0.438. The van der Waals surface area contributed by atoms with E-state index in [-0.39, 0.29) is 31.8 Å². The molecule has 0 bridgehead atoms. The van der Waals surface area contributed by atoms with Crippen molar-refractivity contribution in [3.63, 3.8) is 0 Å². The first-order valence-electron chi connectivity index (χ1n) is 22.7. The number of non-ortho nitro benzene ring substituents is 3. The number of rotatable bonds is 13. The second-order valence-corrected chi connectivity index (χ2v) is 20.2. The Balaban J connectivity index is 0.000000147. The quantitative estimate of drug-likeness (QED) is 0.0731. The molecule has 6 heterocycles. The smallest absolute Gasteiger partial charge is 0.269 e. The first-order chi connectivity index (χ1) is 32.0. The van der Waals surface area contributed by atoms with Crippen LogP contribution in [0.5, 0.6) is 0 Å². The number of hydrogen-bond donors (Lipinski definition) is 3. The second-order valence-electron chi connectivity index (χ2n) is 16.9. The van der Waals surface area contributed by atoms with Crippen LogP contribution >= 0.6 is 34.0 Å². The van der Waals surface area contributed by atoms with Gasteiger partial charge in [-0.2, -0.15) is 0 Å². The molecule has 0 aliphatic carbocycles. The van der Waals surface area contributed by atoms with E-state index >= 15 is 0 Å². The monoisotopic (exact) mass is 951 g/mol. The van der Waals surface area contributed by atoms with Gasteiger partial charge in [-0.3, -0.25) is 30.3 Å². The van der Waals surface area contributed by atoms with Crippen LogP contribution in [0.3, 0.4) is 0 Å². The minimum absolute atomic E-state index is 0.133. The van der Waals surface area contributed by atoms with Crippen molar-refractivity contribution >= 4 is 51.1 Å². The van der Waals surface area contributed by atoms with E-state index in [0.29, 0.717) is 17.8 Å². The van der Waals surface area contributed by atoms with E-state index in [1.807, 2.05) is 53.9 Å². The summed E-state index contributed by atoms with van der Waals surface area (Å²) < 4.78 is 0. The van der Waals surface area contributed by atoms with Crippen LogP contribution in [0.25, 0.3) is 0 Å². The molecule has 0 amide bonds. The first kappa shape index (κ1) is 48.6. The highest BCUT2D eigenvalue weighted by atomic mass is 32.1. The van der Waals surface area contributed by atoms with Crippen molar-refractivity contribution in [2.45, 2.75) is 95.8 Å². The molecule has 15 nitrogen and oxygen atoms in total. The number of aromatic nitrogens is 3. The topological polar surface area (TPSA) is 204 Å². The molecule has 3 aliphatic heterocycles. The lowest BCUT2D eigenvalue weighted by Gasteiger charge is -2.22. The van der Waals surface area contributed by atoms with E-state index in [2.05, 4.69) is 34.8 Å². The number of nitro groups is 3. The molecule has 0 spiro atoms. The molecule has 348 valence electrons. The Kier molecular flexibility index (Phi) is 17.6. The van der Waals surface area contributed by atoms with Gasteiger partial charge < -0.3 is 16.0 Å². The summed E-state index contributed by atoms with van der Waals surface area (Å²) in [7, 11) is 0. The highest BCUT2D eigenvalue weighted by molar-refractivity contribution is 7.12. The summed E-state index contributed by atoms with van der Waals surface area (Å²) in [6.45, 7) is 10.8. The van der Waals surface area contributed by atoms with E-state index in [1.165, 1.54) is 58.9 Å². The lowest BCUT2D eigenvalue weighted by Crippen LogP contribution is -2.26. The molecule has 9 rings (SSSR count). The van der Waals surface area contributed by atoms with Gasteiger partial charge in [0.1, 0.15) is 0 Å². The third kappa shape index (κ3) is 13.6. The Bertz CT molecular complexity index is 2510. The van der Waals surface area contributed by atoms with Gasteiger partial charge in [-0.1, -0.05) is 43.3 Å². The number of nitrogens with one attached hydrogen (secondary N) is 3. The number of hydrogen-bond acceptors (Lipinski definition) is 15. The Morgan fingerprint density at radius 1 is 0.530 bits per heavy atom. The van der Waals surface area contributed by atoms with Crippen molar-refractivity contribution in [1.29, 1.82) is 0 Å². The minimum atomic E-state index is -0.373. The summed E-state index contributed by atoms with van der Waals surface area (Å²) in [5.41, 5.74) is 5.99. The summed E-state index contributed by atoms with van der Waals surface area (Å²) in [4.78, 5) is 49.2. The van der Waals surface area contributed by atoms with Crippen LogP contribution in [-0.2, 0) is 25.7 Å². The van der Waals surface area contributed by atoms with Crippen LogP contribution < -0.4 is 16.0 Å². The molecular weight excluding hydrogens is 895 g/mol. The van der Waals surface area contributed by atoms with Gasteiger partial charge in [0.2, 0.25) is 0 Å². The maximum Gasteiger partial charge on any atom is 0.269 e. The van der Waals surface area contributed by atoms with Gasteiger partial charge in [0.25, 0.3) is 17.1 Å². The lowest BCUT2D eigenvalue weighted by molar-refractivity contribution is -0.385. The van der Waals surface area contributed by atoms with Crippen molar-refractivity contribution < 1.29 is 14.8 Å². The molecule has 3 aromatic heterocycles. The fourth-order valence-corrected chi connectivity index (χ4v) is 12.3.